The van der Waals surface area contributed by atoms with Crippen molar-refractivity contribution in [2.45, 2.75) is 37.5 Å². The fraction of sp³-hybridized carbons (Fsp3) is 0.281. The number of aromatic nitrogens is 1. The van der Waals surface area contributed by atoms with Gasteiger partial charge in [0, 0.05) is 35.8 Å². The molecule has 1 aromatic heterocycles. The van der Waals surface area contributed by atoms with E-state index in [9.17, 15) is 0 Å². The smallest absolute Gasteiger partial charge is 0.394 e. The molecule has 0 spiro atoms. The zero-order chi connectivity index (χ0) is 25.9. The van der Waals surface area contributed by atoms with Crippen LogP contribution in [0.2, 0.25) is 0 Å². The van der Waals surface area contributed by atoms with Crippen LogP contribution in [0.3, 0.4) is 0 Å². The molecule has 5 rings (SSSR count). The highest BCUT2D eigenvalue weighted by atomic mass is 32.2. The van der Waals surface area contributed by atoms with Crippen molar-refractivity contribution >= 4 is 39.3 Å². The SMILES string of the molecule is CCCCCOc1nc2ccccc2o1.CN(C)c1cccc2c(SCCc3ccccc3)cccc12. The number of thioether (sulfide) groups is 1. The predicted molar refractivity (Wildman–Crippen MR) is 158 cm³/mol. The van der Waals surface area contributed by atoms with Crippen LogP contribution < -0.4 is 9.64 Å². The van der Waals surface area contributed by atoms with Crippen molar-refractivity contribution in [1.82, 2.24) is 4.98 Å². The van der Waals surface area contributed by atoms with Crippen molar-refractivity contribution in [1.29, 1.82) is 0 Å². The van der Waals surface area contributed by atoms with Crippen molar-refractivity contribution in [2.24, 2.45) is 0 Å². The molecule has 0 aliphatic rings. The van der Waals surface area contributed by atoms with E-state index in [1.54, 1.807) is 0 Å². The Morgan fingerprint density at radius 3 is 2.35 bits per heavy atom. The van der Waals surface area contributed by atoms with Crippen molar-refractivity contribution in [3.63, 3.8) is 0 Å². The quantitative estimate of drug-likeness (QED) is 0.138. The van der Waals surface area contributed by atoms with Crippen LogP contribution >= 0.6 is 11.8 Å². The molecule has 5 aromatic rings. The van der Waals surface area contributed by atoms with Crippen LogP contribution in [0.15, 0.2) is 100 Å². The van der Waals surface area contributed by atoms with Gasteiger partial charge >= 0.3 is 6.08 Å². The van der Waals surface area contributed by atoms with Gasteiger partial charge in [-0.3, -0.25) is 0 Å². The number of rotatable bonds is 10. The third-order valence-electron chi connectivity index (χ3n) is 6.08. The summed E-state index contributed by atoms with van der Waals surface area (Å²) in [5.41, 5.74) is 4.32. The highest BCUT2D eigenvalue weighted by molar-refractivity contribution is 7.99. The Hall–Kier alpha value is -3.44. The number of unbranched alkanes of at least 4 members (excludes halogenated alkanes) is 2. The minimum Gasteiger partial charge on any atom is -0.450 e. The fourth-order valence-electron chi connectivity index (χ4n) is 4.13. The first-order valence-electron chi connectivity index (χ1n) is 13.0. The summed E-state index contributed by atoms with van der Waals surface area (Å²) < 4.78 is 10.8. The highest BCUT2D eigenvalue weighted by Gasteiger charge is 2.07. The van der Waals surface area contributed by atoms with Gasteiger partial charge in [0.05, 0.1) is 6.61 Å². The molecule has 0 radical (unpaired) electrons. The van der Waals surface area contributed by atoms with E-state index in [0.717, 1.165) is 29.7 Å². The molecular weight excluding hydrogens is 476 g/mol. The number of fused-ring (bicyclic) bond motifs is 2. The lowest BCUT2D eigenvalue weighted by atomic mass is 10.1. The van der Waals surface area contributed by atoms with Crippen LogP contribution in [0.4, 0.5) is 5.69 Å². The minimum atomic E-state index is 0.382. The third kappa shape index (κ3) is 7.53. The number of anilines is 1. The largest absolute Gasteiger partial charge is 0.450 e. The minimum absolute atomic E-state index is 0.382. The fourth-order valence-corrected chi connectivity index (χ4v) is 5.19. The number of nitrogens with zero attached hydrogens (tertiary/aromatic N) is 2. The van der Waals surface area contributed by atoms with Crippen LogP contribution in [0.25, 0.3) is 21.9 Å². The Kier molecular flexibility index (Phi) is 9.89. The number of aryl methyl sites for hydroxylation is 1. The van der Waals surface area contributed by atoms with Gasteiger partial charge in [-0.2, -0.15) is 4.98 Å². The second kappa shape index (κ2) is 13.8. The number of para-hydroxylation sites is 2. The molecule has 0 bridgehead atoms. The molecule has 4 aromatic carbocycles. The number of benzene rings is 4. The van der Waals surface area contributed by atoms with E-state index >= 15 is 0 Å². The summed E-state index contributed by atoms with van der Waals surface area (Å²) in [6.45, 7) is 2.85. The van der Waals surface area contributed by atoms with Crippen molar-refractivity contribution in [2.75, 3.05) is 31.4 Å². The maximum Gasteiger partial charge on any atom is 0.394 e. The second-order valence-corrected chi connectivity index (χ2v) is 10.2. The van der Waals surface area contributed by atoms with Gasteiger partial charge < -0.3 is 14.1 Å². The van der Waals surface area contributed by atoms with Gasteiger partial charge in [0.15, 0.2) is 5.58 Å². The molecule has 0 atom stereocenters. The second-order valence-electron chi connectivity index (χ2n) is 9.11. The molecule has 0 saturated carbocycles. The van der Waals surface area contributed by atoms with Gasteiger partial charge in [0.2, 0.25) is 0 Å². The summed E-state index contributed by atoms with van der Waals surface area (Å²) in [6, 6.07) is 31.5. The topological polar surface area (TPSA) is 38.5 Å². The molecule has 5 heteroatoms. The molecule has 37 heavy (non-hydrogen) atoms. The first kappa shape index (κ1) is 26.6. The Morgan fingerprint density at radius 1 is 0.811 bits per heavy atom. The summed E-state index contributed by atoms with van der Waals surface area (Å²) >= 11 is 1.95. The zero-order valence-corrected chi connectivity index (χ0v) is 22.8. The Balaban J connectivity index is 0.000000186. The predicted octanol–water partition coefficient (Wildman–Crippen LogP) is 8.64. The summed E-state index contributed by atoms with van der Waals surface area (Å²) in [6.07, 6.45) is 4.91. The molecular formula is C32H36N2O2S. The van der Waals surface area contributed by atoms with Gasteiger partial charge in [-0.25, -0.2) is 0 Å². The number of hydrogen-bond acceptors (Lipinski definition) is 5. The molecule has 4 nitrogen and oxygen atoms in total. The average Bonchev–Trinajstić information content (AvgIpc) is 3.35. The molecule has 0 fully saturated rings. The molecule has 0 unspecified atom stereocenters. The molecule has 0 amide bonds. The summed E-state index contributed by atoms with van der Waals surface area (Å²) in [5, 5.41) is 2.68. The Morgan fingerprint density at radius 2 is 1.57 bits per heavy atom. The standard InChI is InChI=1S/C20H21NS.C12H15NO2/c1-21(2)19-12-6-11-18-17(19)10-7-13-20(18)22-15-14-16-8-4-3-5-9-16;1-2-3-6-9-14-12-13-10-7-4-5-8-11(10)15-12/h3-13H,14-15H2,1-2H3;4-5,7-8H,2-3,6,9H2,1H3. The van der Waals surface area contributed by atoms with E-state index < -0.39 is 0 Å². The van der Waals surface area contributed by atoms with Crippen molar-refractivity contribution < 1.29 is 9.15 Å². The van der Waals surface area contributed by atoms with Crippen molar-refractivity contribution in [3.05, 3.63) is 96.6 Å². The van der Waals surface area contributed by atoms with E-state index in [4.69, 9.17) is 9.15 Å². The van der Waals surface area contributed by atoms with E-state index in [-0.39, 0.29) is 0 Å². The van der Waals surface area contributed by atoms with Crippen LogP contribution in [-0.4, -0.2) is 31.4 Å². The first-order valence-corrected chi connectivity index (χ1v) is 14.0. The van der Waals surface area contributed by atoms with Gasteiger partial charge in [0.1, 0.15) is 5.52 Å². The lowest BCUT2D eigenvalue weighted by molar-refractivity contribution is 0.231. The summed E-state index contributed by atoms with van der Waals surface area (Å²) in [7, 11) is 4.20. The number of hydrogen-bond donors (Lipinski definition) is 0. The zero-order valence-electron chi connectivity index (χ0n) is 22.0. The Labute approximate surface area is 224 Å². The number of ether oxygens (including phenoxy) is 1. The van der Waals surface area contributed by atoms with Crippen LogP contribution in [0.1, 0.15) is 31.7 Å². The third-order valence-corrected chi connectivity index (χ3v) is 7.15. The molecule has 192 valence electrons. The highest BCUT2D eigenvalue weighted by Crippen LogP contribution is 2.33. The lowest BCUT2D eigenvalue weighted by Crippen LogP contribution is -2.08. The summed E-state index contributed by atoms with van der Waals surface area (Å²) in [4.78, 5) is 7.78. The summed E-state index contributed by atoms with van der Waals surface area (Å²) in [5.74, 6) is 1.11. The van der Waals surface area contributed by atoms with Gasteiger partial charge in [-0.15, -0.1) is 11.8 Å². The molecule has 0 aliphatic heterocycles. The van der Waals surface area contributed by atoms with E-state index in [0.29, 0.717) is 12.7 Å². The van der Waals surface area contributed by atoms with Gasteiger partial charge in [0.25, 0.3) is 0 Å². The van der Waals surface area contributed by atoms with Crippen LogP contribution in [0, 0.1) is 0 Å². The van der Waals surface area contributed by atoms with Crippen molar-refractivity contribution in [3.8, 4) is 6.08 Å². The maximum absolute atomic E-state index is 5.42. The van der Waals surface area contributed by atoms with E-state index in [1.165, 1.54) is 39.8 Å². The van der Waals surface area contributed by atoms with Crippen LogP contribution in [-0.2, 0) is 6.42 Å². The van der Waals surface area contributed by atoms with Gasteiger partial charge in [-0.1, -0.05) is 86.5 Å². The maximum atomic E-state index is 5.42. The molecule has 0 aliphatic carbocycles. The van der Waals surface area contributed by atoms with E-state index in [2.05, 4.69) is 97.6 Å². The first-order chi connectivity index (χ1) is 18.2. The lowest BCUT2D eigenvalue weighted by Gasteiger charge is -2.16. The monoisotopic (exact) mass is 512 g/mol. The Bertz CT molecular complexity index is 1350. The number of oxazole rings is 1. The molecule has 0 N–H and O–H groups in total. The molecule has 0 saturated heterocycles. The average molecular weight is 513 g/mol. The molecule has 1 heterocycles. The van der Waals surface area contributed by atoms with E-state index in [1.807, 2.05) is 36.0 Å². The van der Waals surface area contributed by atoms with Gasteiger partial charge in [-0.05, 0) is 48.1 Å². The normalized spacial score (nSPS) is 10.8. The van der Waals surface area contributed by atoms with Crippen LogP contribution in [0.5, 0.6) is 6.08 Å².